The van der Waals surface area contributed by atoms with Crippen LogP contribution in [0.15, 0.2) is 24.3 Å². The van der Waals surface area contributed by atoms with Crippen LogP contribution >= 0.6 is 0 Å². The van der Waals surface area contributed by atoms with Gasteiger partial charge in [-0.3, -0.25) is 0 Å². The molecule has 0 fully saturated rings. The molecule has 0 spiro atoms. The Balaban J connectivity index is 1.84. The van der Waals surface area contributed by atoms with Gasteiger partial charge in [0.2, 0.25) is 0 Å². The van der Waals surface area contributed by atoms with E-state index in [9.17, 15) is 0 Å². The summed E-state index contributed by atoms with van der Waals surface area (Å²) in [4.78, 5) is 0. The summed E-state index contributed by atoms with van der Waals surface area (Å²) in [7, 11) is 0. The highest BCUT2D eigenvalue weighted by Gasteiger charge is 2.23. The van der Waals surface area contributed by atoms with Gasteiger partial charge in [-0.05, 0) is 35.8 Å². The lowest BCUT2D eigenvalue weighted by Crippen LogP contribution is -2.37. The Kier molecular flexibility index (Phi) is 3.85. The molecular formula is C15H23NO. The highest BCUT2D eigenvalue weighted by Crippen LogP contribution is 2.23. The van der Waals surface area contributed by atoms with Crippen LogP contribution in [0.2, 0.25) is 0 Å². The molecule has 0 heterocycles. The van der Waals surface area contributed by atoms with Gasteiger partial charge in [0.15, 0.2) is 0 Å². The first-order chi connectivity index (χ1) is 8.11. The second-order valence-electron chi connectivity index (χ2n) is 5.89. The van der Waals surface area contributed by atoms with Crippen LogP contribution in [0, 0.1) is 5.41 Å². The van der Waals surface area contributed by atoms with Crippen LogP contribution in [0.4, 0.5) is 0 Å². The zero-order valence-corrected chi connectivity index (χ0v) is 10.9. The maximum absolute atomic E-state index is 9.01. The number of fused-ring (bicyclic) bond motifs is 1. The fraction of sp³-hybridized carbons (Fsp3) is 0.600. The minimum atomic E-state index is 0.184. The average molecular weight is 233 g/mol. The molecule has 0 aliphatic heterocycles. The third-order valence-electron chi connectivity index (χ3n) is 3.71. The van der Waals surface area contributed by atoms with Gasteiger partial charge in [-0.15, -0.1) is 0 Å². The summed E-state index contributed by atoms with van der Waals surface area (Å²) in [5, 5.41) is 12.7. The molecule has 2 rings (SSSR count). The number of benzene rings is 1. The maximum Gasteiger partial charge on any atom is 0.0436 e. The van der Waals surface area contributed by atoms with Gasteiger partial charge < -0.3 is 10.4 Å². The van der Waals surface area contributed by atoms with Gasteiger partial charge in [0.1, 0.15) is 0 Å². The summed E-state index contributed by atoms with van der Waals surface area (Å²) in [5.41, 5.74) is 3.17. The van der Waals surface area contributed by atoms with E-state index in [-0.39, 0.29) is 12.0 Å². The van der Waals surface area contributed by atoms with Crippen LogP contribution < -0.4 is 5.32 Å². The predicted molar refractivity (Wildman–Crippen MR) is 71.1 cm³/mol. The Morgan fingerprint density at radius 3 is 2.35 bits per heavy atom. The van der Waals surface area contributed by atoms with Crippen molar-refractivity contribution in [1.29, 1.82) is 0 Å². The smallest absolute Gasteiger partial charge is 0.0436 e. The number of hydrogen-bond donors (Lipinski definition) is 2. The van der Waals surface area contributed by atoms with E-state index in [2.05, 4.69) is 43.4 Å². The number of rotatable bonds is 5. The molecular weight excluding hydrogens is 210 g/mol. The Labute approximate surface area is 104 Å². The highest BCUT2D eigenvalue weighted by molar-refractivity contribution is 5.33. The Morgan fingerprint density at radius 1 is 1.24 bits per heavy atom. The fourth-order valence-electron chi connectivity index (χ4n) is 2.51. The Bertz CT molecular complexity index is 348. The first kappa shape index (κ1) is 12.6. The van der Waals surface area contributed by atoms with E-state index in [0.29, 0.717) is 6.04 Å². The number of aliphatic hydroxyl groups is 1. The summed E-state index contributed by atoms with van der Waals surface area (Å²) in [6.45, 7) is 5.67. The van der Waals surface area contributed by atoms with Crippen LogP contribution in [-0.4, -0.2) is 24.3 Å². The third-order valence-corrected chi connectivity index (χ3v) is 3.71. The lowest BCUT2D eigenvalue weighted by molar-refractivity contribution is 0.203. The predicted octanol–water partition coefficient (Wildman–Crippen LogP) is 2.15. The SMILES string of the molecule is CC(C)(CCO)CNC1Cc2ccccc2C1. The fourth-order valence-corrected chi connectivity index (χ4v) is 2.51. The largest absolute Gasteiger partial charge is 0.396 e. The van der Waals surface area contributed by atoms with Crippen molar-refractivity contribution in [2.75, 3.05) is 13.2 Å². The van der Waals surface area contributed by atoms with Gasteiger partial charge in [-0.1, -0.05) is 38.1 Å². The number of hydrogen-bond acceptors (Lipinski definition) is 2. The second-order valence-corrected chi connectivity index (χ2v) is 5.89. The molecule has 0 saturated carbocycles. The van der Waals surface area contributed by atoms with Gasteiger partial charge in [0.25, 0.3) is 0 Å². The quantitative estimate of drug-likeness (QED) is 0.817. The molecule has 2 heteroatoms. The zero-order chi connectivity index (χ0) is 12.3. The van der Waals surface area contributed by atoms with Crippen LogP contribution in [-0.2, 0) is 12.8 Å². The highest BCUT2D eigenvalue weighted by atomic mass is 16.3. The van der Waals surface area contributed by atoms with Gasteiger partial charge in [-0.25, -0.2) is 0 Å². The molecule has 94 valence electrons. The Hall–Kier alpha value is -0.860. The van der Waals surface area contributed by atoms with Crippen LogP contribution in [0.25, 0.3) is 0 Å². The lowest BCUT2D eigenvalue weighted by Gasteiger charge is -2.26. The van der Waals surface area contributed by atoms with Crippen molar-refractivity contribution in [2.45, 2.75) is 39.2 Å². The molecule has 0 amide bonds. The summed E-state index contributed by atoms with van der Waals surface area (Å²) in [6.07, 6.45) is 3.15. The molecule has 0 radical (unpaired) electrons. The lowest BCUT2D eigenvalue weighted by atomic mass is 9.89. The topological polar surface area (TPSA) is 32.3 Å². The summed E-state index contributed by atoms with van der Waals surface area (Å²) in [6, 6.07) is 9.28. The minimum absolute atomic E-state index is 0.184. The molecule has 17 heavy (non-hydrogen) atoms. The van der Waals surface area contributed by atoms with Crippen molar-refractivity contribution < 1.29 is 5.11 Å². The average Bonchev–Trinajstić information content (AvgIpc) is 2.69. The molecule has 0 saturated heterocycles. The zero-order valence-electron chi connectivity index (χ0n) is 10.9. The molecule has 1 aromatic carbocycles. The van der Waals surface area contributed by atoms with E-state index < -0.39 is 0 Å². The van der Waals surface area contributed by atoms with Crippen molar-refractivity contribution in [3.05, 3.63) is 35.4 Å². The molecule has 0 aromatic heterocycles. The normalized spacial score (nSPS) is 16.2. The standard InChI is InChI=1S/C15H23NO/c1-15(2,7-8-17)11-16-14-9-12-5-3-4-6-13(12)10-14/h3-6,14,16-17H,7-11H2,1-2H3. The van der Waals surface area contributed by atoms with Crippen molar-refractivity contribution in [3.63, 3.8) is 0 Å². The molecule has 1 aliphatic carbocycles. The van der Waals surface area contributed by atoms with E-state index >= 15 is 0 Å². The van der Waals surface area contributed by atoms with Crippen molar-refractivity contribution in [2.24, 2.45) is 5.41 Å². The van der Waals surface area contributed by atoms with Crippen LogP contribution in [0.1, 0.15) is 31.4 Å². The molecule has 2 N–H and O–H groups in total. The summed E-state index contributed by atoms with van der Waals surface area (Å²) >= 11 is 0. The summed E-state index contributed by atoms with van der Waals surface area (Å²) in [5.74, 6) is 0. The first-order valence-electron chi connectivity index (χ1n) is 6.52. The van der Waals surface area contributed by atoms with Gasteiger partial charge in [0.05, 0.1) is 0 Å². The summed E-state index contributed by atoms with van der Waals surface area (Å²) < 4.78 is 0. The maximum atomic E-state index is 9.01. The van der Waals surface area contributed by atoms with Crippen molar-refractivity contribution in [3.8, 4) is 0 Å². The molecule has 1 aromatic rings. The minimum Gasteiger partial charge on any atom is -0.396 e. The molecule has 0 unspecified atom stereocenters. The monoisotopic (exact) mass is 233 g/mol. The van der Waals surface area contributed by atoms with E-state index in [4.69, 9.17) is 5.11 Å². The van der Waals surface area contributed by atoms with E-state index in [1.807, 2.05) is 0 Å². The molecule has 0 bridgehead atoms. The van der Waals surface area contributed by atoms with Gasteiger partial charge in [-0.2, -0.15) is 0 Å². The molecule has 0 atom stereocenters. The molecule has 2 nitrogen and oxygen atoms in total. The van der Waals surface area contributed by atoms with Gasteiger partial charge >= 0.3 is 0 Å². The van der Waals surface area contributed by atoms with Crippen molar-refractivity contribution in [1.82, 2.24) is 5.32 Å². The molecule has 1 aliphatic rings. The second kappa shape index (κ2) is 5.19. The van der Waals surface area contributed by atoms with Crippen LogP contribution in [0.5, 0.6) is 0 Å². The number of aliphatic hydroxyl groups excluding tert-OH is 1. The van der Waals surface area contributed by atoms with E-state index in [1.54, 1.807) is 0 Å². The van der Waals surface area contributed by atoms with E-state index in [0.717, 1.165) is 25.8 Å². The third kappa shape index (κ3) is 3.30. The first-order valence-corrected chi connectivity index (χ1v) is 6.52. The Morgan fingerprint density at radius 2 is 1.82 bits per heavy atom. The number of nitrogens with one attached hydrogen (secondary N) is 1. The van der Waals surface area contributed by atoms with Crippen molar-refractivity contribution >= 4 is 0 Å². The van der Waals surface area contributed by atoms with Gasteiger partial charge in [0, 0.05) is 19.2 Å². The van der Waals surface area contributed by atoms with E-state index in [1.165, 1.54) is 11.1 Å². The van der Waals surface area contributed by atoms with Crippen LogP contribution in [0.3, 0.4) is 0 Å².